The molecule has 2 aliphatic heterocycles. The van der Waals surface area contributed by atoms with Crippen molar-refractivity contribution in [3.8, 4) is 11.4 Å². The van der Waals surface area contributed by atoms with Crippen LogP contribution in [0.4, 0.5) is 0 Å². The van der Waals surface area contributed by atoms with E-state index in [4.69, 9.17) is 11.6 Å². The van der Waals surface area contributed by atoms with Gasteiger partial charge in [0.05, 0.1) is 0 Å². The summed E-state index contributed by atoms with van der Waals surface area (Å²) in [6.07, 6.45) is 0.791. The Kier molecular flexibility index (Phi) is 6.68. The molecular formula is C21H24ClN7O4. The summed E-state index contributed by atoms with van der Waals surface area (Å²) < 4.78 is 0. The SMILES string of the molecule is CCC(C(=O)N1CCN(C(=O)CN2C(=O)CCC2=O)CC1)n1nnc(-c2ccc(Cl)cc2)n1. The van der Waals surface area contributed by atoms with Crippen LogP contribution in [-0.4, -0.2) is 91.3 Å². The van der Waals surface area contributed by atoms with E-state index < -0.39 is 6.04 Å². The third-order valence-electron chi connectivity index (χ3n) is 5.87. The maximum absolute atomic E-state index is 13.1. The summed E-state index contributed by atoms with van der Waals surface area (Å²) in [6, 6.07) is 6.42. The van der Waals surface area contributed by atoms with Gasteiger partial charge in [-0.3, -0.25) is 24.1 Å². The molecule has 1 aromatic carbocycles. The van der Waals surface area contributed by atoms with Gasteiger partial charge in [0, 0.05) is 49.6 Å². The molecule has 1 unspecified atom stereocenters. The minimum absolute atomic E-state index is 0.144. The smallest absolute Gasteiger partial charge is 0.249 e. The zero-order chi connectivity index (χ0) is 23.5. The van der Waals surface area contributed by atoms with Crippen LogP contribution in [0.15, 0.2) is 24.3 Å². The second-order valence-corrected chi connectivity index (χ2v) is 8.38. The van der Waals surface area contributed by atoms with Crippen molar-refractivity contribution >= 4 is 35.2 Å². The van der Waals surface area contributed by atoms with Crippen molar-refractivity contribution in [2.45, 2.75) is 32.2 Å². The lowest BCUT2D eigenvalue weighted by molar-refractivity contribution is -0.147. The number of imide groups is 1. The van der Waals surface area contributed by atoms with E-state index in [9.17, 15) is 19.2 Å². The van der Waals surface area contributed by atoms with E-state index in [1.54, 1.807) is 34.1 Å². The van der Waals surface area contributed by atoms with Gasteiger partial charge in [-0.05, 0) is 35.9 Å². The van der Waals surface area contributed by atoms with Gasteiger partial charge in [0.15, 0.2) is 6.04 Å². The number of rotatable bonds is 6. The lowest BCUT2D eigenvalue weighted by Crippen LogP contribution is -2.54. The molecule has 0 saturated carbocycles. The van der Waals surface area contributed by atoms with Crippen LogP contribution in [-0.2, 0) is 19.2 Å². The van der Waals surface area contributed by atoms with Crippen LogP contribution < -0.4 is 0 Å². The van der Waals surface area contributed by atoms with Crippen LogP contribution in [0.25, 0.3) is 11.4 Å². The third-order valence-corrected chi connectivity index (χ3v) is 6.13. The highest BCUT2D eigenvalue weighted by atomic mass is 35.5. The van der Waals surface area contributed by atoms with Crippen molar-refractivity contribution in [2.24, 2.45) is 0 Å². The number of carbonyl (C=O) groups is 4. The standard InChI is InChI=1S/C21H24ClN7O4/c1-2-16(29-24-20(23-25-29)14-3-5-15(22)6-4-14)21(33)27-11-9-26(10-12-27)19(32)13-28-17(30)7-8-18(28)31/h3-6,16H,2,7-13H2,1H3. The molecule has 0 spiro atoms. The first-order valence-corrected chi connectivity index (χ1v) is 11.2. The molecule has 0 bridgehead atoms. The number of nitrogens with zero attached hydrogens (tertiary/aromatic N) is 7. The predicted molar refractivity (Wildman–Crippen MR) is 117 cm³/mol. The fourth-order valence-corrected chi connectivity index (χ4v) is 4.06. The van der Waals surface area contributed by atoms with E-state index in [2.05, 4.69) is 15.4 Å². The minimum atomic E-state index is -0.611. The highest BCUT2D eigenvalue weighted by Gasteiger charge is 2.34. The summed E-state index contributed by atoms with van der Waals surface area (Å²) in [5.74, 6) is -0.658. The average Bonchev–Trinajstić information content (AvgIpc) is 3.43. The summed E-state index contributed by atoms with van der Waals surface area (Å²) in [5.41, 5.74) is 0.745. The van der Waals surface area contributed by atoms with Gasteiger partial charge >= 0.3 is 0 Å². The molecule has 4 rings (SSSR count). The maximum atomic E-state index is 13.1. The highest BCUT2D eigenvalue weighted by molar-refractivity contribution is 6.30. The number of piperazine rings is 1. The second kappa shape index (κ2) is 9.65. The maximum Gasteiger partial charge on any atom is 0.249 e. The van der Waals surface area contributed by atoms with Gasteiger partial charge in [-0.2, -0.15) is 4.80 Å². The molecule has 33 heavy (non-hydrogen) atoms. The fourth-order valence-electron chi connectivity index (χ4n) is 3.93. The van der Waals surface area contributed by atoms with Gasteiger partial charge in [-0.1, -0.05) is 18.5 Å². The Morgan fingerprint density at radius 1 is 1.00 bits per heavy atom. The zero-order valence-corrected chi connectivity index (χ0v) is 18.9. The molecule has 2 aliphatic rings. The Balaban J connectivity index is 1.35. The fraction of sp³-hybridized carbons (Fsp3) is 0.476. The van der Waals surface area contributed by atoms with Gasteiger partial charge in [0.1, 0.15) is 6.54 Å². The van der Waals surface area contributed by atoms with Crippen molar-refractivity contribution in [1.82, 2.24) is 34.9 Å². The Bertz CT molecular complexity index is 1050. The number of halogens is 1. The number of tetrazole rings is 1. The van der Waals surface area contributed by atoms with Crippen molar-refractivity contribution in [3.05, 3.63) is 29.3 Å². The van der Waals surface area contributed by atoms with E-state index >= 15 is 0 Å². The van der Waals surface area contributed by atoms with Crippen molar-refractivity contribution in [3.63, 3.8) is 0 Å². The number of hydrogen-bond donors (Lipinski definition) is 0. The molecule has 0 radical (unpaired) electrons. The van der Waals surface area contributed by atoms with Crippen LogP contribution in [0.1, 0.15) is 32.2 Å². The van der Waals surface area contributed by atoms with E-state index in [0.29, 0.717) is 43.4 Å². The number of hydrogen-bond acceptors (Lipinski definition) is 7. The molecule has 2 aromatic rings. The highest BCUT2D eigenvalue weighted by Crippen LogP contribution is 2.20. The lowest BCUT2D eigenvalue weighted by Gasteiger charge is -2.36. The summed E-state index contributed by atoms with van der Waals surface area (Å²) >= 11 is 5.92. The molecule has 3 heterocycles. The van der Waals surface area contributed by atoms with Gasteiger partial charge in [0.2, 0.25) is 29.5 Å². The van der Waals surface area contributed by atoms with Crippen LogP contribution >= 0.6 is 11.6 Å². The van der Waals surface area contributed by atoms with Crippen LogP contribution in [0, 0.1) is 0 Å². The molecule has 1 atom stereocenters. The van der Waals surface area contributed by atoms with Gasteiger partial charge in [0.25, 0.3) is 0 Å². The molecular weight excluding hydrogens is 450 g/mol. The van der Waals surface area contributed by atoms with Crippen LogP contribution in [0.2, 0.25) is 5.02 Å². The predicted octanol–water partition coefficient (Wildman–Crippen LogP) is 0.764. The Labute approximate surface area is 195 Å². The normalized spacial score (nSPS) is 17.6. The van der Waals surface area contributed by atoms with Crippen molar-refractivity contribution in [2.75, 3.05) is 32.7 Å². The van der Waals surface area contributed by atoms with Gasteiger partial charge < -0.3 is 9.80 Å². The van der Waals surface area contributed by atoms with Gasteiger partial charge in [-0.15, -0.1) is 10.2 Å². The summed E-state index contributed by atoms with van der Waals surface area (Å²) in [7, 11) is 0. The summed E-state index contributed by atoms with van der Waals surface area (Å²) in [5, 5.41) is 13.1. The largest absolute Gasteiger partial charge is 0.338 e. The Morgan fingerprint density at radius 3 is 2.21 bits per heavy atom. The van der Waals surface area contributed by atoms with E-state index in [-0.39, 0.29) is 43.0 Å². The Morgan fingerprint density at radius 2 is 1.61 bits per heavy atom. The van der Waals surface area contributed by atoms with Crippen molar-refractivity contribution < 1.29 is 19.2 Å². The monoisotopic (exact) mass is 473 g/mol. The molecule has 174 valence electrons. The number of amides is 4. The third kappa shape index (κ3) is 4.87. The minimum Gasteiger partial charge on any atom is -0.338 e. The molecule has 2 fully saturated rings. The summed E-state index contributed by atoms with van der Waals surface area (Å²) in [4.78, 5) is 54.8. The van der Waals surface area contributed by atoms with Crippen LogP contribution in [0.3, 0.4) is 0 Å². The Hall–Kier alpha value is -3.34. The first-order valence-electron chi connectivity index (χ1n) is 10.8. The molecule has 12 heteroatoms. The van der Waals surface area contributed by atoms with Crippen LogP contribution in [0.5, 0.6) is 0 Å². The number of benzene rings is 1. The molecule has 4 amide bonds. The molecule has 2 saturated heterocycles. The average molecular weight is 474 g/mol. The molecule has 0 aliphatic carbocycles. The van der Waals surface area contributed by atoms with E-state index in [1.165, 1.54) is 4.80 Å². The summed E-state index contributed by atoms with van der Waals surface area (Å²) in [6.45, 7) is 3.00. The number of carbonyl (C=O) groups excluding carboxylic acids is 4. The zero-order valence-electron chi connectivity index (χ0n) is 18.2. The number of aromatic nitrogens is 4. The molecule has 1 aromatic heterocycles. The van der Waals surface area contributed by atoms with Gasteiger partial charge in [-0.25, -0.2) is 0 Å². The van der Waals surface area contributed by atoms with E-state index in [1.807, 2.05) is 6.92 Å². The number of likely N-dealkylation sites (tertiary alicyclic amines) is 1. The topological polar surface area (TPSA) is 122 Å². The quantitative estimate of drug-likeness (QED) is 0.568. The second-order valence-electron chi connectivity index (χ2n) is 7.94. The van der Waals surface area contributed by atoms with E-state index in [0.717, 1.165) is 10.5 Å². The molecule has 0 N–H and O–H groups in total. The first-order chi connectivity index (χ1) is 15.9. The molecule has 11 nitrogen and oxygen atoms in total. The van der Waals surface area contributed by atoms with Crippen molar-refractivity contribution in [1.29, 1.82) is 0 Å². The first kappa shape index (κ1) is 22.8. The lowest BCUT2D eigenvalue weighted by atomic mass is 10.2.